The van der Waals surface area contributed by atoms with E-state index in [2.05, 4.69) is 26.0 Å². The van der Waals surface area contributed by atoms with Crippen LogP contribution in [0.4, 0.5) is 0 Å². The molecule has 0 aromatic rings. The molecule has 4 aliphatic carbocycles. The molecule has 0 saturated heterocycles. The van der Waals surface area contributed by atoms with Gasteiger partial charge in [-0.25, -0.2) is 0 Å². The lowest BCUT2D eigenvalue weighted by atomic mass is 9.49. The summed E-state index contributed by atoms with van der Waals surface area (Å²) in [6.45, 7) is 5.96. The van der Waals surface area contributed by atoms with Crippen molar-refractivity contribution >= 4 is 5.97 Å². The van der Waals surface area contributed by atoms with Crippen LogP contribution in [0.15, 0.2) is 23.8 Å². The summed E-state index contributed by atoms with van der Waals surface area (Å²) in [5, 5.41) is 20.7. The fraction of sp³-hybridized carbons (Fsp3) is 0.762. The first-order chi connectivity index (χ1) is 11.8. The Morgan fingerprint density at radius 2 is 2.00 bits per heavy atom. The molecule has 0 spiro atoms. The van der Waals surface area contributed by atoms with Crippen LogP contribution in [-0.2, 0) is 9.53 Å². The van der Waals surface area contributed by atoms with Gasteiger partial charge in [0.05, 0.1) is 12.2 Å². The second-order valence-corrected chi connectivity index (χ2v) is 9.12. The number of ether oxygens (including phenoxy) is 1. The molecule has 0 amide bonds. The first-order valence-corrected chi connectivity index (χ1v) is 9.69. The van der Waals surface area contributed by atoms with Crippen LogP contribution in [0.25, 0.3) is 0 Å². The van der Waals surface area contributed by atoms with Gasteiger partial charge >= 0.3 is 5.97 Å². The molecule has 4 heteroatoms. The van der Waals surface area contributed by atoms with Gasteiger partial charge in [0.15, 0.2) is 0 Å². The number of esters is 1. The van der Waals surface area contributed by atoms with Gasteiger partial charge < -0.3 is 14.9 Å². The minimum Gasteiger partial charge on any atom is -0.462 e. The first-order valence-electron chi connectivity index (χ1n) is 9.69. The van der Waals surface area contributed by atoms with Gasteiger partial charge in [-0.2, -0.15) is 0 Å². The summed E-state index contributed by atoms with van der Waals surface area (Å²) in [4.78, 5) is 11.8. The minimum absolute atomic E-state index is 0.0740. The molecule has 4 rings (SSSR count). The van der Waals surface area contributed by atoms with Crippen LogP contribution in [0.5, 0.6) is 0 Å². The van der Waals surface area contributed by atoms with Crippen molar-refractivity contribution in [1.29, 1.82) is 0 Å². The van der Waals surface area contributed by atoms with Crippen LogP contribution >= 0.6 is 0 Å². The molecule has 0 aliphatic heterocycles. The average Bonchev–Trinajstić information content (AvgIpc) is 2.84. The van der Waals surface area contributed by atoms with E-state index in [0.29, 0.717) is 5.92 Å². The molecular weight excluding hydrogens is 316 g/mol. The highest BCUT2D eigenvalue weighted by atomic mass is 16.5. The van der Waals surface area contributed by atoms with Crippen LogP contribution in [0.2, 0.25) is 0 Å². The monoisotopic (exact) mass is 346 g/mol. The zero-order valence-corrected chi connectivity index (χ0v) is 15.4. The number of aliphatic hydroxyl groups excluding tert-OH is 2. The van der Waals surface area contributed by atoms with Gasteiger partial charge in [-0.05, 0) is 43.9 Å². The summed E-state index contributed by atoms with van der Waals surface area (Å²) in [6, 6.07) is 0. The van der Waals surface area contributed by atoms with Gasteiger partial charge in [0, 0.05) is 23.7 Å². The highest BCUT2D eigenvalue weighted by molar-refractivity contribution is 5.66. The number of aliphatic hydroxyl groups is 2. The molecule has 0 bridgehead atoms. The van der Waals surface area contributed by atoms with Crippen LogP contribution in [0, 0.1) is 28.6 Å². The van der Waals surface area contributed by atoms with Crippen LogP contribution in [0.3, 0.4) is 0 Å². The minimum atomic E-state index is -0.407. The fourth-order valence-electron chi connectivity index (χ4n) is 6.34. The maximum Gasteiger partial charge on any atom is 0.302 e. The van der Waals surface area contributed by atoms with Gasteiger partial charge in [-0.3, -0.25) is 4.79 Å². The maximum absolute atomic E-state index is 11.8. The van der Waals surface area contributed by atoms with E-state index in [1.807, 2.05) is 6.08 Å². The molecule has 0 heterocycles. The smallest absolute Gasteiger partial charge is 0.302 e. The largest absolute Gasteiger partial charge is 0.462 e. The number of rotatable bonds is 1. The predicted octanol–water partition coefficient (Wildman–Crippen LogP) is 2.99. The molecule has 25 heavy (non-hydrogen) atoms. The molecule has 2 saturated carbocycles. The van der Waals surface area contributed by atoms with Crippen molar-refractivity contribution in [2.75, 3.05) is 0 Å². The summed E-state index contributed by atoms with van der Waals surface area (Å²) in [7, 11) is 0. The summed E-state index contributed by atoms with van der Waals surface area (Å²) in [5.41, 5.74) is 1.18. The Bertz CT molecular complexity index is 638. The molecular formula is C21H30O4. The maximum atomic E-state index is 11.8. The van der Waals surface area contributed by atoms with Crippen molar-refractivity contribution in [3.8, 4) is 0 Å². The normalized spacial score (nSPS) is 51.2. The highest BCUT2D eigenvalue weighted by Crippen LogP contribution is 2.63. The molecule has 2 fully saturated rings. The lowest BCUT2D eigenvalue weighted by Gasteiger charge is -2.56. The van der Waals surface area contributed by atoms with Crippen molar-refractivity contribution in [3.63, 3.8) is 0 Å². The summed E-state index contributed by atoms with van der Waals surface area (Å²) >= 11 is 0. The van der Waals surface area contributed by atoms with Crippen molar-refractivity contribution in [3.05, 3.63) is 23.8 Å². The lowest BCUT2D eigenvalue weighted by molar-refractivity contribution is -0.156. The summed E-state index contributed by atoms with van der Waals surface area (Å²) in [5.74, 6) is 0.589. The van der Waals surface area contributed by atoms with E-state index in [1.54, 1.807) is 0 Å². The molecule has 8 atom stereocenters. The van der Waals surface area contributed by atoms with E-state index in [0.717, 1.165) is 32.1 Å². The number of hydrogen-bond donors (Lipinski definition) is 2. The lowest BCUT2D eigenvalue weighted by Crippen LogP contribution is -2.53. The summed E-state index contributed by atoms with van der Waals surface area (Å²) in [6.07, 6.45) is 9.83. The molecule has 0 aromatic heterocycles. The Morgan fingerprint density at radius 3 is 2.72 bits per heavy atom. The van der Waals surface area contributed by atoms with Crippen LogP contribution < -0.4 is 0 Å². The third-order valence-electron chi connectivity index (χ3n) is 7.81. The number of allylic oxidation sites excluding steroid dienone is 2. The molecule has 0 radical (unpaired) electrons. The highest BCUT2D eigenvalue weighted by Gasteiger charge is 2.59. The number of carbonyl (C=O) groups is 1. The topological polar surface area (TPSA) is 66.8 Å². The number of hydrogen-bond acceptors (Lipinski definition) is 4. The Kier molecular flexibility index (Phi) is 3.93. The standard InChI is InChI=1S/C21H30O4/c1-12(22)25-17-11-13-10-14(23)6-8-20(13,2)16-7-9-21(3)15(19(16)17)4-5-18(21)24/h6-8,13-15,17-19,23-24H,4-5,9-11H2,1-3H3/t13-,14-,15-,17-,18-,19-,20-,21-/m0/s1. The second kappa shape index (κ2) is 5.68. The quantitative estimate of drug-likeness (QED) is 0.566. The van der Waals surface area contributed by atoms with Gasteiger partial charge in [0.2, 0.25) is 0 Å². The van der Waals surface area contributed by atoms with Crippen LogP contribution in [-0.4, -0.2) is 34.5 Å². The van der Waals surface area contributed by atoms with Crippen LogP contribution in [0.1, 0.15) is 52.9 Å². The second-order valence-electron chi connectivity index (χ2n) is 9.12. The van der Waals surface area contributed by atoms with E-state index in [9.17, 15) is 15.0 Å². The Morgan fingerprint density at radius 1 is 1.24 bits per heavy atom. The van der Waals surface area contributed by atoms with Gasteiger partial charge in [0.1, 0.15) is 6.10 Å². The van der Waals surface area contributed by atoms with E-state index in [-0.39, 0.29) is 40.8 Å². The Hall–Kier alpha value is -1.13. The average molecular weight is 346 g/mol. The van der Waals surface area contributed by atoms with Gasteiger partial charge in [-0.15, -0.1) is 0 Å². The molecule has 0 unspecified atom stereocenters. The Balaban J connectivity index is 1.79. The molecule has 0 aromatic carbocycles. The molecule has 4 nitrogen and oxygen atoms in total. The van der Waals surface area contributed by atoms with Crippen molar-refractivity contribution in [2.24, 2.45) is 28.6 Å². The molecule has 138 valence electrons. The van der Waals surface area contributed by atoms with E-state index < -0.39 is 6.10 Å². The zero-order valence-electron chi connectivity index (χ0n) is 15.4. The van der Waals surface area contributed by atoms with E-state index in [4.69, 9.17) is 4.74 Å². The molecule has 2 N–H and O–H groups in total. The predicted molar refractivity (Wildman–Crippen MR) is 94.6 cm³/mol. The van der Waals surface area contributed by atoms with Crippen molar-refractivity contribution in [1.82, 2.24) is 0 Å². The number of fused-ring (bicyclic) bond motifs is 5. The van der Waals surface area contributed by atoms with E-state index >= 15 is 0 Å². The number of carbonyl (C=O) groups excluding carboxylic acids is 1. The SMILES string of the molecule is CC(=O)O[C@H]1C[C@@H]2C[C@@H](O)C=C[C@]2(C)C2=CC[C@]3(C)[C@@H](O)CC[C@H]3[C@@H]21. The Labute approximate surface area is 149 Å². The third-order valence-corrected chi connectivity index (χ3v) is 7.81. The van der Waals surface area contributed by atoms with Gasteiger partial charge in [-0.1, -0.05) is 37.6 Å². The van der Waals surface area contributed by atoms with Crippen molar-refractivity contribution < 1.29 is 19.7 Å². The van der Waals surface area contributed by atoms with Crippen molar-refractivity contribution in [2.45, 2.75) is 71.2 Å². The van der Waals surface area contributed by atoms with E-state index in [1.165, 1.54) is 12.5 Å². The fourth-order valence-corrected chi connectivity index (χ4v) is 6.34. The third kappa shape index (κ3) is 2.44. The molecule has 4 aliphatic rings. The summed E-state index contributed by atoms with van der Waals surface area (Å²) < 4.78 is 5.81. The first kappa shape index (κ1) is 17.3. The zero-order chi connectivity index (χ0) is 18.0. The van der Waals surface area contributed by atoms with Gasteiger partial charge in [0.25, 0.3) is 0 Å².